The fraction of sp³-hybridized carbons (Fsp3) is 0.350. The molecular formula is C20H22FNO2S. The van der Waals surface area contributed by atoms with Crippen molar-refractivity contribution in [2.45, 2.75) is 18.6 Å². The van der Waals surface area contributed by atoms with Crippen molar-refractivity contribution in [3.05, 3.63) is 65.5 Å². The van der Waals surface area contributed by atoms with E-state index >= 15 is 0 Å². The van der Waals surface area contributed by atoms with Crippen molar-refractivity contribution < 1.29 is 13.9 Å². The molecule has 1 aliphatic rings. The molecular weight excluding hydrogens is 337 g/mol. The first kappa shape index (κ1) is 17.8. The number of thioether (sulfide) groups is 1. The number of ether oxygens (including phenoxy) is 1. The molecule has 25 heavy (non-hydrogen) atoms. The molecule has 0 aliphatic carbocycles. The molecule has 0 saturated carbocycles. The van der Waals surface area contributed by atoms with Gasteiger partial charge in [0.1, 0.15) is 11.6 Å². The van der Waals surface area contributed by atoms with E-state index in [1.807, 2.05) is 48.2 Å². The second-order valence-corrected chi connectivity index (χ2v) is 7.42. The number of hydrogen-bond acceptors (Lipinski definition) is 3. The molecule has 0 bridgehead atoms. The van der Waals surface area contributed by atoms with Crippen LogP contribution in [-0.4, -0.2) is 36.3 Å². The normalized spacial score (nSPS) is 17.8. The molecule has 1 amide bonds. The fourth-order valence-electron chi connectivity index (χ4n) is 2.95. The average Bonchev–Trinajstić information content (AvgIpc) is 2.87. The second kappa shape index (κ2) is 8.39. The first-order chi connectivity index (χ1) is 12.1. The lowest BCUT2D eigenvalue weighted by atomic mass is 10.1. The molecule has 1 fully saturated rings. The highest BCUT2D eigenvalue weighted by molar-refractivity contribution is 7.99. The first-order valence-electron chi connectivity index (χ1n) is 8.47. The van der Waals surface area contributed by atoms with Gasteiger partial charge in [0, 0.05) is 29.7 Å². The summed E-state index contributed by atoms with van der Waals surface area (Å²) in [5.41, 5.74) is 1.75. The van der Waals surface area contributed by atoms with E-state index in [0.29, 0.717) is 13.1 Å². The lowest BCUT2D eigenvalue weighted by Gasteiger charge is -2.21. The fourth-order valence-corrected chi connectivity index (χ4v) is 4.21. The summed E-state index contributed by atoms with van der Waals surface area (Å²) in [4.78, 5) is 14.3. The van der Waals surface area contributed by atoms with E-state index in [0.717, 1.165) is 29.1 Å². The van der Waals surface area contributed by atoms with E-state index < -0.39 is 0 Å². The maximum absolute atomic E-state index is 14.0. The molecule has 1 atom stereocenters. The molecule has 1 heterocycles. The molecule has 0 spiro atoms. The average molecular weight is 359 g/mol. The van der Waals surface area contributed by atoms with Crippen LogP contribution in [0.5, 0.6) is 5.75 Å². The van der Waals surface area contributed by atoms with Gasteiger partial charge in [-0.3, -0.25) is 4.79 Å². The Morgan fingerprint density at radius 2 is 1.96 bits per heavy atom. The van der Waals surface area contributed by atoms with Crippen LogP contribution in [0.2, 0.25) is 0 Å². The van der Waals surface area contributed by atoms with Gasteiger partial charge in [0.05, 0.1) is 0 Å². The molecule has 0 N–H and O–H groups in total. The summed E-state index contributed by atoms with van der Waals surface area (Å²) in [6, 6.07) is 14.6. The Kier molecular flexibility index (Phi) is 5.97. The summed E-state index contributed by atoms with van der Waals surface area (Å²) in [5.74, 6) is 1.36. The van der Waals surface area contributed by atoms with Crippen LogP contribution in [0.4, 0.5) is 4.39 Å². The van der Waals surface area contributed by atoms with Gasteiger partial charge < -0.3 is 9.64 Å². The largest absolute Gasteiger partial charge is 0.484 e. The topological polar surface area (TPSA) is 29.5 Å². The van der Waals surface area contributed by atoms with Gasteiger partial charge in [-0.25, -0.2) is 4.39 Å². The smallest absolute Gasteiger partial charge is 0.260 e. The number of rotatable bonds is 4. The lowest BCUT2D eigenvalue weighted by molar-refractivity contribution is -0.133. The number of carbonyl (C=O) groups is 1. The van der Waals surface area contributed by atoms with Crippen LogP contribution in [0.1, 0.15) is 22.8 Å². The lowest BCUT2D eigenvalue weighted by Crippen LogP contribution is -2.36. The summed E-state index contributed by atoms with van der Waals surface area (Å²) in [6.45, 7) is 3.30. The minimum absolute atomic E-state index is 0.0157. The third-order valence-corrected chi connectivity index (χ3v) is 5.70. The van der Waals surface area contributed by atoms with Crippen molar-refractivity contribution in [3.63, 3.8) is 0 Å². The van der Waals surface area contributed by atoms with Crippen LogP contribution < -0.4 is 4.74 Å². The minimum atomic E-state index is -0.164. The zero-order valence-corrected chi connectivity index (χ0v) is 15.1. The molecule has 1 aliphatic heterocycles. The van der Waals surface area contributed by atoms with Gasteiger partial charge in [-0.2, -0.15) is 11.8 Å². The highest BCUT2D eigenvalue weighted by Crippen LogP contribution is 2.35. The molecule has 3 nitrogen and oxygen atoms in total. The van der Waals surface area contributed by atoms with Crippen molar-refractivity contribution in [2.75, 3.05) is 25.4 Å². The highest BCUT2D eigenvalue weighted by Gasteiger charge is 2.24. The van der Waals surface area contributed by atoms with Gasteiger partial charge in [-0.15, -0.1) is 0 Å². The summed E-state index contributed by atoms with van der Waals surface area (Å²) in [6.07, 6.45) is 0.752. The number of nitrogens with zero attached hydrogens (tertiary/aromatic N) is 1. The van der Waals surface area contributed by atoms with Crippen LogP contribution >= 0.6 is 11.8 Å². The number of carbonyl (C=O) groups excluding carboxylic acids is 1. The van der Waals surface area contributed by atoms with Crippen LogP contribution in [0, 0.1) is 12.7 Å². The van der Waals surface area contributed by atoms with Crippen LogP contribution in [0.3, 0.4) is 0 Å². The zero-order valence-electron chi connectivity index (χ0n) is 14.3. The molecule has 2 aromatic carbocycles. The predicted molar refractivity (Wildman–Crippen MR) is 99.5 cm³/mol. The Bertz CT molecular complexity index is 737. The van der Waals surface area contributed by atoms with Crippen molar-refractivity contribution >= 4 is 17.7 Å². The third-order valence-electron chi connectivity index (χ3n) is 4.39. The number of para-hydroxylation sites is 1. The Morgan fingerprint density at radius 1 is 1.20 bits per heavy atom. The Balaban J connectivity index is 1.56. The molecule has 0 radical (unpaired) electrons. The molecule has 0 unspecified atom stereocenters. The van der Waals surface area contributed by atoms with E-state index in [1.54, 1.807) is 17.8 Å². The van der Waals surface area contributed by atoms with E-state index in [1.165, 1.54) is 6.07 Å². The number of benzene rings is 2. The van der Waals surface area contributed by atoms with Gasteiger partial charge >= 0.3 is 0 Å². The number of amides is 1. The van der Waals surface area contributed by atoms with Gasteiger partial charge in [0.15, 0.2) is 6.61 Å². The van der Waals surface area contributed by atoms with Crippen molar-refractivity contribution in [3.8, 4) is 5.75 Å². The van der Waals surface area contributed by atoms with Crippen LogP contribution in [0.25, 0.3) is 0 Å². The summed E-state index contributed by atoms with van der Waals surface area (Å²) in [7, 11) is 0. The maximum Gasteiger partial charge on any atom is 0.260 e. The van der Waals surface area contributed by atoms with Crippen molar-refractivity contribution in [1.29, 1.82) is 0 Å². The quantitative estimate of drug-likeness (QED) is 0.819. The van der Waals surface area contributed by atoms with Gasteiger partial charge in [-0.1, -0.05) is 36.4 Å². The molecule has 3 rings (SSSR count). The van der Waals surface area contributed by atoms with Crippen molar-refractivity contribution in [2.24, 2.45) is 0 Å². The number of halogens is 1. The van der Waals surface area contributed by atoms with E-state index in [2.05, 4.69) is 0 Å². The molecule has 2 aromatic rings. The molecule has 1 saturated heterocycles. The molecule has 132 valence electrons. The van der Waals surface area contributed by atoms with E-state index in [9.17, 15) is 9.18 Å². The summed E-state index contributed by atoms with van der Waals surface area (Å²) in [5, 5.41) is 0.0938. The highest BCUT2D eigenvalue weighted by atomic mass is 32.2. The standard InChI is InChI=1S/C20H22FNO2S/c1-15-6-2-5-9-18(15)24-14-20(23)22-11-10-19(25-13-12-22)16-7-3-4-8-17(16)21/h2-9,19H,10-14H2,1H3/t19-/m0/s1. The Hall–Kier alpha value is -2.01. The second-order valence-electron chi connectivity index (χ2n) is 6.10. The Morgan fingerprint density at radius 3 is 2.76 bits per heavy atom. The van der Waals surface area contributed by atoms with Gasteiger partial charge in [0.25, 0.3) is 5.91 Å². The summed E-state index contributed by atoms with van der Waals surface area (Å²) >= 11 is 1.71. The zero-order chi connectivity index (χ0) is 17.6. The van der Waals surface area contributed by atoms with Crippen molar-refractivity contribution in [1.82, 2.24) is 4.90 Å². The van der Waals surface area contributed by atoms with Gasteiger partial charge in [-0.05, 0) is 31.0 Å². The number of aryl methyl sites for hydroxylation is 1. The molecule has 5 heteroatoms. The monoisotopic (exact) mass is 359 g/mol. The predicted octanol–water partition coefficient (Wildman–Crippen LogP) is 4.22. The maximum atomic E-state index is 14.0. The SMILES string of the molecule is Cc1ccccc1OCC(=O)N1CCS[C@H](c2ccccc2F)CC1. The summed E-state index contributed by atoms with van der Waals surface area (Å²) < 4.78 is 19.7. The van der Waals surface area contributed by atoms with Crippen LogP contribution in [-0.2, 0) is 4.79 Å². The third kappa shape index (κ3) is 4.54. The van der Waals surface area contributed by atoms with Gasteiger partial charge in [0.2, 0.25) is 0 Å². The van der Waals surface area contributed by atoms with Crippen LogP contribution in [0.15, 0.2) is 48.5 Å². The Labute approximate surface area is 152 Å². The number of hydrogen-bond donors (Lipinski definition) is 0. The molecule has 0 aromatic heterocycles. The van der Waals surface area contributed by atoms with E-state index in [4.69, 9.17) is 4.74 Å². The van der Waals surface area contributed by atoms with E-state index in [-0.39, 0.29) is 23.6 Å². The first-order valence-corrected chi connectivity index (χ1v) is 9.52. The minimum Gasteiger partial charge on any atom is -0.484 e.